The van der Waals surface area contributed by atoms with Crippen molar-refractivity contribution < 1.29 is 14.3 Å². The Labute approximate surface area is 124 Å². The van der Waals surface area contributed by atoms with Crippen LogP contribution in [-0.4, -0.2) is 25.1 Å². The Morgan fingerprint density at radius 3 is 2.55 bits per heavy atom. The third-order valence-corrected chi connectivity index (χ3v) is 3.46. The summed E-state index contributed by atoms with van der Waals surface area (Å²) in [7, 11) is 3.00. The number of thiazole rings is 1. The van der Waals surface area contributed by atoms with Crippen LogP contribution in [0.3, 0.4) is 0 Å². The molecule has 2 rings (SSSR count). The number of hydrogen-bond donors (Lipinski definition) is 2. The zero-order valence-corrected chi connectivity index (χ0v) is 12.3. The largest absolute Gasteiger partial charge is 0.493 e. The topological polar surface area (TPSA) is 86.5 Å². The zero-order chi connectivity index (χ0) is 14.7. The van der Waals surface area contributed by atoms with E-state index < -0.39 is 5.91 Å². The SMILES string of the molecule is COc1cc(Cl)c(NC(=O)c2csc(N)n2)cc1OC. The van der Waals surface area contributed by atoms with E-state index in [4.69, 9.17) is 26.8 Å². The summed E-state index contributed by atoms with van der Waals surface area (Å²) in [5, 5.41) is 4.88. The van der Waals surface area contributed by atoms with Crippen molar-refractivity contribution in [3.63, 3.8) is 0 Å². The summed E-state index contributed by atoms with van der Waals surface area (Å²) < 4.78 is 10.3. The van der Waals surface area contributed by atoms with E-state index >= 15 is 0 Å². The Kier molecular flexibility index (Phi) is 4.31. The van der Waals surface area contributed by atoms with E-state index in [1.54, 1.807) is 17.5 Å². The Morgan fingerprint density at radius 2 is 2.00 bits per heavy atom. The molecule has 3 N–H and O–H groups in total. The molecule has 20 heavy (non-hydrogen) atoms. The first kappa shape index (κ1) is 14.4. The number of nitrogens with two attached hydrogens (primary N) is 1. The average Bonchev–Trinajstić information content (AvgIpc) is 2.87. The quantitative estimate of drug-likeness (QED) is 0.906. The molecule has 1 aromatic heterocycles. The van der Waals surface area contributed by atoms with Crippen LogP contribution >= 0.6 is 22.9 Å². The number of nitrogens with one attached hydrogen (secondary N) is 1. The van der Waals surface area contributed by atoms with Crippen molar-refractivity contribution in [3.05, 3.63) is 28.2 Å². The van der Waals surface area contributed by atoms with E-state index in [0.29, 0.717) is 27.3 Å². The number of nitrogen functional groups attached to an aromatic ring is 1. The first-order chi connectivity index (χ1) is 9.55. The van der Waals surface area contributed by atoms with Gasteiger partial charge in [-0.25, -0.2) is 4.98 Å². The minimum atomic E-state index is -0.396. The molecule has 0 radical (unpaired) electrons. The molecule has 0 saturated heterocycles. The van der Waals surface area contributed by atoms with Gasteiger partial charge in [0.15, 0.2) is 16.6 Å². The highest BCUT2D eigenvalue weighted by atomic mass is 35.5. The van der Waals surface area contributed by atoms with E-state index in [2.05, 4.69) is 10.3 Å². The molecular weight excluding hydrogens is 302 g/mol. The fourth-order valence-corrected chi connectivity index (χ4v) is 2.27. The molecule has 0 aliphatic rings. The van der Waals surface area contributed by atoms with Crippen LogP contribution in [0.2, 0.25) is 5.02 Å². The van der Waals surface area contributed by atoms with E-state index in [0.717, 1.165) is 0 Å². The normalized spacial score (nSPS) is 10.2. The molecular formula is C12H12ClN3O3S. The number of hydrogen-bond acceptors (Lipinski definition) is 6. The van der Waals surface area contributed by atoms with E-state index in [1.165, 1.54) is 25.6 Å². The number of anilines is 2. The maximum atomic E-state index is 12.0. The molecule has 0 fully saturated rings. The molecule has 0 saturated carbocycles. The van der Waals surface area contributed by atoms with Gasteiger partial charge in [-0.2, -0.15) is 0 Å². The summed E-state index contributed by atoms with van der Waals surface area (Å²) >= 11 is 7.27. The highest BCUT2D eigenvalue weighted by Crippen LogP contribution is 2.36. The van der Waals surface area contributed by atoms with Gasteiger partial charge in [0.1, 0.15) is 5.69 Å². The molecule has 106 valence electrons. The van der Waals surface area contributed by atoms with Crippen LogP contribution in [0.5, 0.6) is 11.5 Å². The minimum absolute atomic E-state index is 0.235. The van der Waals surface area contributed by atoms with Crippen molar-refractivity contribution in [1.82, 2.24) is 4.98 Å². The number of methoxy groups -OCH3 is 2. The average molecular weight is 314 g/mol. The molecule has 1 amide bonds. The summed E-state index contributed by atoms with van der Waals surface area (Å²) in [6.45, 7) is 0. The third-order valence-electron chi connectivity index (χ3n) is 2.48. The van der Waals surface area contributed by atoms with Gasteiger partial charge < -0.3 is 20.5 Å². The van der Waals surface area contributed by atoms with Crippen LogP contribution in [0, 0.1) is 0 Å². The number of amides is 1. The number of aromatic nitrogens is 1. The molecule has 0 atom stereocenters. The van der Waals surface area contributed by atoms with Crippen molar-refractivity contribution >= 4 is 39.7 Å². The molecule has 6 nitrogen and oxygen atoms in total. The van der Waals surface area contributed by atoms with Crippen molar-refractivity contribution in [3.8, 4) is 11.5 Å². The summed E-state index contributed by atoms with van der Waals surface area (Å²) in [6, 6.07) is 3.14. The number of benzene rings is 1. The van der Waals surface area contributed by atoms with Crippen LogP contribution in [0.15, 0.2) is 17.5 Å². The molecule has 8 heteroatoms. The number of halogens is 1. The van der Waals surface area contributed by atoms with Gasteiger partial charge in [0.05, 0.1) is 24.9 Å². The maximum absolute atomic E-state index is 12.0. The van der Waals surface area contributed by atoms with Crippen LogP contribution in [0.1, 0.15) is 10.5 Å². The molecule has 0 aliphatic carbocycles. The molecule has 1 heterocycles. The van der Waals surface area contributed by atoms with Crippen molar-refractivity contribution in [2.24, 2.45) is 0 Å². The van der Waals surface area contributed by atoms with Gasteiger partial charge in [-0.3, -0.25) is 4.79 Å². The monoisotopic (exact) mass is 313 g/mol. The van der Waals surface area contributed by atoms with Gasteiger partial charge in [-0.15, -0.1) is 11.3 Å². The van der Waals surface area contributed by atoms with Crippen LogP contribution in [0.25, 0.3) is 0 Å². The summed E-state index contributed by atoms with van der Waals surface area (Å²) in [4.78, 5) is 15.9. The van der Waals surface area contributed by atoms with Crippen molar-refractivity contribution in [1.29, 1.82) is 0 Å². The fourth-order valence-electron chi connectivity index (χ4n) is 1.53. The van der Waals surface area contributed by atoms with E-state index in [9.17, 15) is 4.79 Å². The minimum Gasteiger partial charge on any atom is -0.493 e. The Hall–Kier alpha value is -1.99. The molecule has 2 aromatic rings. The summed E-state index contributed by atoms with van der Waals surface area (Å²) in [6.07, 6.45) is 0. The van der Waals surface area contributed by atoms with Gasteiger partial charge in [-0.05, 0) is 0 Å². The second kappa shape index (κ2) is 5.98. The second-order valence-electron chi connectivity index (χ2n) is 3.71. The lowest BCUT2D eigenvalue weighted by molar-refractivity contribution is 0.102. The fraction of sp³-hybridized carbons (Fsp3) is 0.167. The molecule has 0 spiro atoms. The predicted molar refractivity (Wildman–Crippen MR) is 79.0 cm³/mol. The predicted octanol–water partition coefficient (Wildman–Crippen LogP) is 2.65. The first-order valence-electron chi connectivity index (χ1n) is 5.49. The highest BCUT2D eigenvalue weighted by Gasteiger charge is 2.15. The van der Waals surface area contributed by atoms with Gasteiger partial charge in [-0.1, -0.05) is 11.6 Å². The lowest BCUT2D eigenvalue weighted by Gasteiger charge is -2.12. The van der Waals surface area contributed by atoms with Crippen molar-refractivity contribution in [2.75, 3.05) is 25.3 Å². The van der Waals surface area contributed by atoms with Crippen LogP contribution < -0.4 is 20.5 Å². The molecule has 1 aromatic carbocycles. The van der Waals surface area contributed by atoms with Gasteiger partial charge in [0.2, 0.25) is 0 Å². The van der Waals surface area contributed by atoms with Gasteiger partial charge in [0.25, 0.3) is 5.91 Å². The second-order valence-corrected chi connectivity index (χ2v) is 5.01. The van der Waals surface area contributed by atoms with Gasteiger partial charge >= 0.3 is 0 Å². The smallest absolute Gasteiger partial charge is 0.275 e. The molecule has 0 bridgehead atoms. The summed E-state index contributed by atoms with van der Waals surface area (Å²) in [5.74, 6) is 0.547. The van der Waals surface area contributed by atoms with E-state index in [-0.39, 0.29) is 5.69 Å². The Bertz CT molecular complexity index is 645. The number of ether oxygens (including phenoxy) is 2. The zero-order valence-electron chi connectivity index (χ0n) is 10.8. The number of carbonyl (C=O) groups excluding carboxylic acids is 1. The number of carbonyl (C=O) groups is 1. The standard InChI is InChI=1S/C12H12ClN3O3S/c1-18-9-3-6(13)7(4-10(9)19-2)15-11(17)8-5-20-12(14)16-8/h3-5H,1-2H3,(H2,14,16)(H,15,17). The van der Waals surface area contributed by atoms with Crippen LogP contribution in [0.4, 0.5) is 10.8 Å². The highest BCUT2D eigenvalue weighted by molar-refractivity contribution is 7.13. The molecule has 0 unspecified atom stereocenters. The van der Waals surface area contributed by atoms with E-state index in [1.807, 2.05) is 0 Å². The first-order valence-corrected chi connectivity index (χ1v) is 6.74. The summed E-state index contributed by atoms with van der Waals surface area (Å²) in [5.41, 5.74) is 6.13. The lowest BCUT2D eigenvalue weighted by atomic mass is 10.2. The molecule has 0 aliphatic heterocycles. The Balaban J connectivity index is 2.27. The number of nitrogens with zero attached hydrogens (tertiary/aromatic N) is 1. The number of rotatable bonds is 4. The lowest BCUT2D eigenvalue weighted by Crippen LogP contribution is -2.13. The van der Waals surface area contributed by atoms with Crippen LogP contribution in [-0.2, 0) is 0 Å². The maximum Gasteiger partial charge on any atom is 0.275 e. The Morgan fingerprint density at radius 1 is 1.35 bits per heavy atom. The third kappa shape index (κ3) is 2.94. The van der Waals surface area contributed by atoms with Crippen molar-refractivity contribution in [2.45, 2.75) is 0 Å². The van der Waals surface area contributed by atoms with Gasteiger partial charge in [0, 0.05) is 17.5 Å².